The van der Waals surface area contributed by atoms with Crippen LogP contribution >= 0.6 is 7.75 Å². The Morgan fingerprint density at radius 2 is 1.64 bits per heavy atom. The molecule has 0 aliphatic carbocycles. The van der Waals surface area contributed by atoms with Gasteiger partial charge < -0.3 is 20.2 Å². The number of hydrogen-bond acceptors (Lipinski definition) is 5. The largest absolute Gasteiger partial charge is 0.481 e. The van der Waals surface area contributed by atoms with Crippen LogP contribution in [0.5, 0.6) is 0 Å². The van der Waals surface area contributed by atoms with Crippen molar-refractivity contribution in [3.63, 3.8) is 0 Å². The predicted octanol–water partition coefficient (Wildman–Crippen LogP) is 1.39. The molecule has 0 fully saturated rings. The molecule has 0 aliphatic rings. The Hall–Kier alpha value is -1.48. The third kappa shape index (κ3) is 10.2. The summed E-state index contributed by atoms with van der Waals surface area (Å²) in [5.41, 5.74) is 0. The van der Waals surface area contributed by atoms with E-state index in [1.807, 2.05) is 25.9 Å². The van der Waals surface area contributed by atoms with Crippen molar-refractivity contribution < 1.29 is 43.7 Å². The third-order valence-electron chi connectivity index (χ3n) is 3.86. The van der Waals surface area contributed by atoms with E-state index in [0.717, 1.165) is 0 Å². The Morgan fingerprint density at radius 1 is 1.08 bits per heavy atom. The number of aliphatic carboxylic acids is 3. The summed E-state index contributed by atoms with van der Waals surface area (Å²) in [5.74, 6) is -4.72. The standard InChI is InChI=1S/C14H26NO9P/c1-8(2)9(3)6-10(13(18)19)7-24-25(22,23)15-11(14(20)21)4-5-12(16)17/h8-11H,4-7H2,1-3H3,(H,16,17)(H,18,19)(H,20,21)(H2,15,22,23). The molecule has 4 atom stereocenters. The van der Waals surface area contributed by atoms with Crippen molar-refractivity contribution in [1.29, 1.82) is 0 Å². The summed E-state index contributed by atoms with van der Waals surface area (Å²) in [7, 11) is -4.61. The van der Waals surface area contributed by atoms with Crippen molar-refractivity contribution in [2.45, 2.75) is 46.1 Å². The minimum absolute atomic E-state index is 0.0399. The van der Waals surface area contributed by atoms with E-state index in [-0.39, 0.29) is 18.3 Å². The molecule has 5 N–H and O–H groups in total. The van der Waals surface area contributed by atoms with Gasteiger partial charge in [0, 0.05) is 6.42 Å². The maximum atomic E-state index is 11.9. The van der Waals surface area contributed by atoms with Crippen LogP contribution in [0.4, 0.5) is 0 Å². The molecule has 0 aromatic carbocycles. The second-order valence-corrected chi connectivity index (χ2v) is 7.82. The fourth-order valence-electron chi connectivity index (χ4n) is 1.90. The van der Waals surface area contributed by atoms with E-state index < -0.39 is 57.1 Å². The van der Waals surface area contributed by atoms with Gasteiger partial charge in [0.15, 0.2) is 0 Å². The Morgan fingerprint density at radius 3 is 2.04 bits per heavy atom. The second kappa shape index (κ2) is 10.5. The van der Waals surface area contributed by atoms with Crippen LogP contribution in [0.3, 0.4) is 0 Å². The highest BCUT2D eigenvalue weighted by Crippen LogP contribution is 2.39. The highest BCUT2D eigenvalue weighted by atomic mass is 31.2. The number of rotatable bonds is 13. The van der Waals surface area contributed by atoms with Crippen LogP contribution in [-0.4, -0.2) is 50.8 Å². The molecule has 10 nitrogen and oxygen atoms in total. The van der Waals surface area contributed by atoms with Gasteiger partial charge in [0.05, 0.1) is 12.5 Å². The van der Waals surface area contributed by atoms with Crippen molar-refractivity contribution in [2.75, 3.05) is 6.61 Å². The Labute approximate surface area is 145 Å². The molecule has 0 heterocycles. The average Bonchev–Trinajstić information content (AvgIpc) is 2.46. The van der Waals surface area contributed by atoms with E-state index in [9.17, 15) is 28.9 Å². The number of carboxylic acid groups (broad SMARTS) is 3. The minimum atomic E-state index is -4.61. The zero-order valence-corrected chi connectivity index (χ0v) is 15.3. The molecule has 0 rings (SSSR count). The molecule has 25 heavy (non-hydrogen) atoms. The van der Waals surface area contributed by atoms with Gasteiger partial charge in [-0.05, 0) is 24.7 Å². The molecule has 0 saturated carbocycles. The smallest absolute Gasteiger partial charge is 0.403 e. The van der Waals surface area contributed by atoms with Gasteiger partial charge in [-0.25, -0.2) is 9.65 Å². The molecule has 0 amide bonds. The molecular weight excluding hydrogens is 357 g/mol. The summed E-state index contributed by atoms with van der Waals surface area (Å²) in [5, 5.41) is 28.6. The van der Waals surface area contributed by atoms with Gasteiger partial charge in [-0.3, -0.25) is 18.9 Å². The summed E-state index contributed by atoms with van der Waals surface area (Å²) in [6.07, 6.45) is -0.715. The van der Waals surface area contributed by atoms with Crippen LogP contribution in [-0.2, 0) is 23.5 Å². The Bertz CT molecular complexity index is 522. The van der Waals surface area contributed by atoms with E-state index in [1.54, 1.807) is 0 Å². The van der Waals surface area contributed by atoms with Crippen molar-refractivity contribution in [2.24, 2.45) is 17.8 Å². The third-order valence-corrected chi connectivity index (χ3v) is 5.00. The van der Waals surface area contributed by atoms with E-state index in [2.05, 4.69) is 0 Å². The lowest BCUT2D eigenvalue weighted by molar-refractivity contribution is -0.144. The summed E-state index contributed by atoms with van der Waals surface area (Å²) in [6, 6.07) is -1.61. The van der Waals surface area contributed by atoms with Crippen molar-refractivity contribution in [1.82, 2.24) is 5.09 Å². The van der Waals surface area contributed by atoms with Crippen LogP contribution in [0.15, 0.2) is 0 Å². The van der Waals surface area contributed by atoms with E-state index in [1.165, 1.54) is 0 Å². The molecule has 0 aromatic heterocycles. The minimum Gasteiger partial charge on any atom is -0.481 e. The molecule has 4 unspecified atom stereocenters. The zero-order valence-electron chi connectivity index (χ0n) is 14.4. The van der Waals surface area contributed by atoms with E-state index in [4.69, 9.17) is 14.7 Å². The average molecular weight is 383 g/mol. The Balaban J connectivity index is 4.79. The Kier molecular flexibility index (Phi) is 9.88. The maximum absolute atomic E-state index is 11.9. The van der Waals surface area contributed by atoms with Gasteiger partial charge in [-0.1, -0.05) is 20.8 Å². The lowest BCUT2D eigenvalue weighted by Gasteiger charge is -2.23. The lowest BCUT2D eigenvalue weighted by atomic mass is 9.88. The predicted molar refractivity (Wildman–Crippen MR) is 87.0 cm³/mol. The number of carboxylic acids is 3. The molecule has 11 heteroatoms. The zero-order chi connectivity index (χ0) is 19.8. The van der Waals surface area contributed by atoms with Gasteiger partial charge in [0.2, 0.25) is 0 Å². The second-order valence-electron chi connectivity index (χ2n) is 6.26. The summed E-state index contributed by atoms with van der Waals surface area (Å²) >= 11 is 0. The quantitative estimate of drug-likeness (QED) is 0.293. The lowest BCUT2D eigenvalue weighted by Crippen LogP contribution is -2.36. The molecule has 0 spiro atoms. The van der Waals surface area contributed by atoms with Crippen LogP contribution in [0.2, 0.25) is 0 Å². The van der Waals surface area contributed by atoms with Gasteiger partial charge in [-0.2, -0.15) is 0 Å². The van der Waals surface area contributed by atoms with Crippen molar-refractivity contribution in [3.05, 3.63) is 0 Å². The molecule has 0 aliphatic heterocycles. The van der Waals surface area contributed by atoms with Crippen LogP contribution in [0.1, 0.15) is 40.0 Å². The first kappa shape index (κ1) is 23.5. The fourth-order valence-corrected chi connectivity index (χ4v) is 2.99. The van der Waals surface area contributed by atoms with Crippen molar-refractivity contribution in [3.8, 4) is 0 Å². The highest BCUT2D eigenvalue weighted by molar-refractivity contribution is 7.50. The van der Waals surface area contributed by atoms with Crippen molar-refractivity contribution >= 4 is 25.7 Å². The highest BCUT2D eigenvalue weighted by Gasteiger charge is 2.32. The first-order valence-electron chi connectivity index (χ1n) is 7.78. The summed E-state index contributed by atoms with van der Waals surface area (Å²) < 4.78 is 16.7. The molecular formula is C14H26NO9P. The first-order chi connectivity index (χ1) is 11.4. The van der Waals surface area contributed by atoms with Crippen LogP contribution in [0, 0.1) is 17.8 Å². The number of nitrogens with one attached hydrogen (secondary N) is 1. The molecule has 0 bridgehead atoms. The number of carbonyl (C=O) groups is 3. The number of hydrogen-bond donors (Lipinski definition) is 5. The van der Waals surface area contributed by atoms with Gasteiger partial charge >= 0.3 is 25.7 Å². The molecule has 0 aromatic rings. The SMILES string of the molecule is CC(C)C(C)CC(COP(=O)(O)NC(CCC(=O)O)C(=O)O)C(=O)O. The van der Waals surface area contributed by atoms with E-state index in [0.29, 0.717) is 0 Å². The summed E-state index contributed by atoms with van der Waals surface area (Å²) in [4.78, 5) is 42.5. The van der Waals surface area contributed by atoms with Gasteiger partial charge in [-0.15, -0.1) is 0 Å². The first-order valence-corrected chi connectivity index (χ1v) is 9.36. The monoisotopic (exact) mass is 383 g/mol. The van der Waals surface area contributed by atoms with Gasteiger partial charge in [0.1, 0.15) is 6.04 Å². The molecule has 146 valence electrons. The molecule has 0 saturated heterocycles. The normalized spacial score (nSPS) is 17.5. The van der Waals surface area contributed by atoms with Crippen LogP contribution < -0.4 is 5.09 Å². The van der Waals surface area contributed by atoms with E-state index >= 15 is 0 Å². The molecule has 0 radical (unpaired) electrons. The summed E-state index contributed by atoms with van der Waals surface area (Å²) in [6.45, 7) is 5.12. The fraction of sp³-hybridized carbons (Fsp3) is 0.786. The maximum Gasteiger partial charge on any atom is 0.403 e. The van der Waals surface area contributed by atoms with Crippen LogP contribution in [0.25, 0.3) is 0 Å². The van der Waals surface area contributed by atoms with Gasteiger partial charge in [0.25, 0.3) is 0 Å². The topological polar surface area (TPSA) is 170 Å².